The van der Waals surface area contributed by atoms with Crippen LogP contribution in [0.25, 0.3) is 5.65 Å². The highest BCUT2D eigenvalue weighted by molar-refractivity contribution is 5.41. The highest BCUT2D eigenvalue weighted by atomic mass is 16.5. The topological polar surface area (TPSA) is 77.2 Å². The van der Waals surface area contributed by atoms with E-state index in [1.807, 2.05) is 12.1 Å². The molecule has 1 saturated heterocycles. The van der Waals surface area contributed by atoms with Crippen molar-refractivity contribution < 1.29 is 4.74 Å². The Morgan fingerprint density at radius 2 is 2.24 bits per heavy atom. The summed E-state index contributed by atoms with van der Waals surface area (Å²) in [4.78, 5) is 0. The van der Waals surface area contributed by atoms with Gasteiger partial charge in [-0.3, -0.25) is 0 Å². The second-order valence-corrected chi connectivity index (χ2v) is 4.18. The minimum atomic E-state index is 0.654. The maximum Gasteiger partial charge on any atom is 0.200 e. The van der Waals surface area contributed by atoms with E-state index < -0.39 is 0 Å². The molecule has 7 nitrogen and oxygen atoms in total. The first-order valence-corrected chi connectivity index (χ1v) is 5.79. The molecule has 7 heteroatoms. The average Bonchev–Trinajstić information content (AvgIpc) is 2.85. The number of nitrogens with one attached hydrogen (secondary N) is 1. The van der Waals surface area contributed by atoms with Gasteiger partial charge in [-0.05, 0) is 41.3 Å². The molecule has 0 saturated carbocycles. The number of fused-ring (bicyclic) bond motifs is 1. The third kappa shape index (κ3) is 2.33. The molecule has 0 aromatic carbocycles. The molecule has 1 fully saturated rings. The van der Waals surface area contributed by atoms with Gasteiger partial charge in [-0.1, -0.05) is 0 Å². The molecule has 0 aliphatic carbocycles. The van der Waals surface area contributed by atoms with Crippen molar-refractivity contribution in [2.24, 2.45) is 5.92 Å². The average molecular weight is 234 g/mol. The Morgan fingerprint density at radius 1 is 1.35 bits per heavy atom. The number of tetrazole rings is 1. The van der Waals surface area contributed by atoms with Gasteiger partial charge >= 0.3 is 0 Å². The van der Waals surface area contributed by atoms with Gasteiger partial charge in [0.15, 0.2) is 5.65 Å². The molecule has 1 aliphatic rings. The van der Waals surface area contributed by atoms with E-state index in [2.05, 4.69) is 25.9 Å². The Morgan fingerprint density at radius 3 is 3.12 bits per heavy atom. The molecule has 3 heterocycles. The first-order chi connectivity index (χ1) is 8.42. The number of ether oxygens (including phenoxy) is 1. The van der Waals surface area contributed by atoms with Crippen molar-refractivity contribution in [3.8, 4) is 0 Å². The number of anilines is 1. The lowest BCUT2D eigenvalue weighted by Gasteiger charge is -2.22. The van der Waals surface area contributed by atoms with Crippen LogP contribution in [0.3, 0.4) is 0 Å². The van der Waals surface area contributed by atoms with Gasteiger partial charge in [0.2, 0.25) is 0 Å². The summed E-state index contributed by atoms with van der Waals surface area (Å²) >= 11 is 0. The van der Waals surface area contributed by atoms with Gasteiger partial charge in [-0.15, -0.1) is 14.8 Å². The second-order valence-electron chi connectivity index (χ2n) is 4.18. The van der Waals surface area contributed by atoms with E-state index in [4.69, 9.17) is 4.74 Å². The molecule has 1 aliphatic heterocycles. The number of hydrogen-bond acceptors (Lipinski definition) is 6. The lowest BCUT2D eigenvalue weighted by molar-refractivity contribution is 0.0699. The van der Waals surface area contributed by atoms with E-state index >= 15 is 0 Å². The van der Waals surface area contributed by atoms with Crippen molar-refractivity contribution in [1.82, 2.24) is 25.3 Å². The predicted octanol–water partition coefficient (Wildman–Crippen LogP) is 0.358. The van der Waals surface area contributed by atoms with Gasteiger partial charge in [0.05, 0.1) is 0 Å². The first kappa shape index (κ1) is 10.4. The van der Waals surface area contributed by atoms with Crippen LogP contribution in [-0.2, 0) is 4.74 Å². The SMILES string of the molecule is c1cc2nnnn2nc1NCC1CCOCC1. The number of aromatic nitrogens is 5. The van der Waals surface area contributed by atoms with E-state index in [-0.39, 0.29) is 0 Å². The van der Waals surface area contributed by atoms with Crippen LogP contribution in [0.15, 0.2) is 12.1 Å². The molecule has 0 bridgehead atoms. The van der Waals surface area contributed by atoms with Crippen molar-refractivity contribution in [2.45, 2.75) is 12.8 Å². The Balaban J connectivity index is 1.63. The molecule has 0 unspecified atom stereocenters. The normalized spacial score (nSPS) is 17.4. The summed E-state index contributed by atoms with van der Waals surface area (Å²) in [6, 6.07) is 3.74. The summed E-state index contributed by atoms with van der Waals surface area (Å²) in [5, 5.41) is 18.7. The van der Waals surface area contributed by atoms with Gasteiger partial charge in [0.1, 0.15) is 5.82 Å². The maximum absolute atomic E-state index is 5.32. The largest absolute Gasteiger partial charge is 0.381 e. The van der Waals surface area contributed by atoms with Crippen LogP contribution in [-0.4, -0.2) is 45.0 Å². The third-order valence-electron chi connectivity index (χ3n) is 2.98. The molecular weight excluding hydrogens is 220 g/mol. The molecular formula is C10H14N6O. The second kappa shape index (κ2) is 4.62. The summed E-state index contributed by atoms with van der Waals surface area (Å²) < 4.78 is 6.75. The number of hydrogen-bond donors (Lipinski definition) is 1. The lowest BCUT2D eigenvalue weighted by Crippen LogP contribution is -2.23. The molecule has 1 N–H and O–H groups in total. The van der Waals surface area contributed by atoms with Crippen LogP contribution < -0.4 is 5.32 Å². The first-order valence-electron chi connectivity index (χ1n) is 5.79. The van der Waals surface area contributed by atoms with Gasteiger partial charge in [0.25, 0.3) is 0 Å². The van der Waals surface area contributed by atoms with E-state index in [0.717, 1.165) is 38.4 Å². The van der Waals surface area contributed by atoms with Crippen LogP contribution in [0.4, 0.5) is 5.82 Å². The van der Waals surface area contributed by atoms with Gasteiger partial charge in [-0.2, -0.15) is 0 Å². The summed E-state index contributed by atoms with van der Waals surface area (Å²) in [6.07, 6.45) is 2.22. The van der Waals surface area contributed by atoms with Crippen LogP contribution in [0.5, 0.6) is 0 Å². The van der Waals surface area contributed by atoms with Gasteiger partial charge < -0.3 is 10.1 Å². The van der Waals surface area contributed by atoms with E-state index in [1.165, 1.54) is 4.63 Å². The van der Waals surface area contributed by atoms with Crippen molar-refractivity contribution in [3.05, 3.63) is 12.1 Å². The minimum absolute atomic E-state index is 0.654. The van der Waals surface area contributed by atoms with Crippen LogP contribution >= 0.6 is 0 Å². The maximum atomic E-state index is 5.32. The number of rotatable bonds is 3. The van der Waals surface area contributed by atoms with Gasteiger partial charge in [0, 0.05) is 19.8 Å². The smallest absolute Gasteiger partial charge is 0.200 e. The molecule has 90 valence electrons. The summed E-state index contributed by atoms with van der Waals surface area (Å²) in [5.41, 5.74) is 0.654. The molecule has 0 spiro atoms. The minimum Gasteiger partial charge on any atom is -0.381 e. The van der Waals surface area contributed by atoms with Crippen molar-refractivity contribution in [1.29, 1.82) is 0 Å². The zero-order valence-electron chi connectivity index (χ0n) is 9.41. The number of nitrogens with zero attached hydrogens (tertiary/aromatic N) is 5. The Bertz CT molecular complexity index is 492. The Kier molecular flexibility index (Phi) is 2.83. The lowest BCUT2D eigenvalue weighted by atomic mass is 10.0. The highest BCUT2D eigenvalue weighted by Crippen LogP contribution is 2.15. The fourth-order valence-corrected chi connectivity index (χ4v) is 1.94. The molecule has 17 heavy (non-hydrogen) atoms. The highest BCUT2D eigenvalue weighted by Gasteiger charge is 2.13. The van der Waals surface area contributed by atoms with Crippen LogP contribution in [0.1, 0.15) is 12.8 Å². The molecule has 0 amide bonds. The van der Waals surface area contributed by atoms with E-state index in [9.17, 15) is 0 Å². The summed E-state index contributed by atoms with van der Waals surface area (Å²) in [6.45, 7) is 2.65. The molecule has 3 rings (SSSR count). The molecule has 0 radical (unpaired) electrons. The quantitative estimate of drug-likeness (QED) is 0.826. The standard InChI is InChI=1S/C10H14N6O/c1-2-10-12-14-15-16(10)13-9(1)11-7-8-3-5-17-6-4-8/h1-2,8H,3-7H2,(H,11,13). The summed E-state index contributed by atoms with van der Waals surface area (Å²) in [5.74, 6) is 1.46. The molecule has 2 aromatic rings. The molecule has 2 aromatic heterocycles. The fraction of sp³-hybridized carbons (Fsp3) is 0.600. The summed E-state index contributed by atoms with van der Waals surface area (Å²) in [7, 11) is 0. The van der Waals surface area contributed by atoms with Crippen molar-refractivity contribution in [3.63, 3.8) is 0 Å². The van der Waals surface area contributed by atoms with Crippen LogP contribution in [0, 0.1) is 5.92 Å². The van der Waals surface area contributed by atoms with Gasteiger partial charge in [-0.25, -0.2) is 0 Å². The van der Waals surface area contributed by atoms with E-state index in [1.54, 1.807) is 0 Å². The van der Waals surface area contributed by atoms with Crippen LogP contribution in [0.2, 0.25) is 0 Å². The fourth-order valence-electron chi connectivity index (χ4n) is 1.94. The zero-order valence-corrected chi connectivity index (χ0v) is 9.41. The Labute approximate surface area is 98.1 Å². The molecule has 0 atom stereocenters. The van der Waals surface area contributed by atoms with E-state index in [0.29, 0.717) is 11.6 Å². The van der Waals surface area contributed by atoms with Crippen molar-refractivity contribution >= 4 is 11.5 Å². The monoisotopic (exact) mass is 234 g/mol. The third-order valence-corrected chi connectivity index (χ3v) is 2.98. The zero-order chi connectivity index (χ0) is 11.5. The predicted molar refractivity (Wildman–Crippen MR) is 60.6 cm³/mol. The Hall–Kier alpha value is -1.76. The van der Waals surface area contributed by atoms with Crippen molar-refractivity contribution in [2.75, 3.05) is 25.1 Å².